The molecule has 2 rings (SSSR count). The number of anilines is 1. The molecule has 1 atom stereocenters. The molecule has 0 saturated carbocycles. The molecule has 2 N–H and O–H groups in total. The minimum atomic E-state index is -0.0960. The summed E-state index contributed by atoms with van der Waals surface area (Å²) in [6.07, 6.45) is 5.42. The van der Waals surface area contributed by atoms with E-state index < -0.39 is 0 Å². The van der Waals surface area contributed by atoms with Gasteiger partial charge in [-0.2, -0.15) is 0 Å². The fourth-order valence-electron chi connectivity index (χ4n) is 2.96. The highest BCUT2D eigenvalue weighted by atomic mass is 19.1. The summed E-state index contributed by atoms with van der Waals surface area (Å²) < 4.78 is 14.2. The van der Waals surface area contributed by atoms with Crippen LogP contribution in [0, 0.1) is 5.82 Å². The number of benzene rings is 1. The van der Waals surface area contributed by atoms with Crippen LogP contribution in [-0.4, -0.2) is 19.1 Å². The third kappa shape index (κ3) is 2.66. The Morgan fingerprint density at radius 1 is 1.39 bits per heavy atom. The Balaban J connectivity index is 2.35. The third-order valence-corrected chi connectivity index (χ3v) is 3.87. The molecular weight excluding hydrogens is 227 g/mol. The summed E-state index contributed by atoms with van der Waals surface area (Å²) in [6, 6.07) is 5.84. The van der Waals surface area contributed by atoms with Crippen molar-refractivity contribution in [1.29, 1.82) is 0 Å². The zero-order valence-corrected chi connectivity index (χ0v) is 11.2. The molecule has 18 heavy (non-hydrogen) atoms. The Bertz CT molecular complexity index is 392. The van der Waals surface area contributed by atoms with Crippen LogP contribution >= 0.6 is 0 Å². The highest BCUT2D eigenvalue weighted by Gasteiger charge is 2.25. The fourth-order valence-corrected chi connectivity index (χ4v) is 2.96. The topological polar surface area (TPSA) is 29.3 Å². The molecule has 1 saturated heterocycles. The summed E-state index contributed by atoms with van der Waals surface area (Å²) in [5.41, 5.74) is 7.49. The van der Waals surface area contributed by atoms with Crippen molar-refractivity contribution in [2.75, 3.05) is 18.0 Å². The lowest BCUT2D eigenvalue weighted by molar-refractivity contribution is 0.442. The Morgan fingerprint density at radius 3 is 2.94 bits per heavy atom. The first kappa shape index (κ1) is 13.3. The van der Waals surface area contributed by atoms with Gasteiger partial charge in [0.05, 0.1) is 5.69 Å². The van der Waals surface area contributed by atoms with Crippen molar-refractivity contribution in [2.45, 2.75) is 45.1 Å². The average Bonchev–Trinajstić information content (AvgIpc) is 2.39. The first-order valence-electron chi connectivity index (χ1n) is 7.02. The van der Waals surface area contributed by atoms with Gasteiger partial charge in [-0.15, -0.1) is 0 Å². The molecule has 3 heteroatoms. The quantitative estimate of drug-likeness (QED) is 0.889. The van der Waals surface area contributed by atoms with Crippen LogP contribution in [0.3, 0.4) is 0 Å². The SMILES string of the molecule is CCC1CCCCN1c1c(F)cccc1CCN. The zero-order chi connectivity index (χ0) is 13.0. The maximum atomic E-state index is 14.2. The van der Waals surface area contributed by atoms with Gasteiger partial charge in [-0.25, -0.2) is 4.39 Å². The van der Waals surface area contributed by atoms with Gasteiger partial charge in [-0.1, -0.05) is 19.1 Å². The Labute approximate surface area is 109 Å². The number of piperidine rings is 1. The van der Waals surface area contributed by atoms with Gasteiger partial charge in [0, 0.05) is 12.6 Å². The molecule has 1 aliphatic rings. The van der Waals surface area contributed by atoms with E-state index in [1.165, 1.54) is 12.8 Å². The summed E-state index contributed by atoms with van der Waals surface area (Å²) in [5.74, 6) is -0.0960. The molecule has 1 aromatic carbocycles. The molecule has 1 heterocycles. The van der Waals surface area contributed by atoms with E-state index in [-0.39, 0.29) is 5.82 Å². The summed E-state index contributed by atoms with van der Waals surface area (Å²) in [5, 5.41) is 0. The number of nitrogens with zero attached hydrogens (tertiary/aromatic N) is 1. The molecule has 0 spiro atoms. The Hall–Kier alpha value is -1.09. The fraction of sp³-hybridized carbons (Fsp3) is 0.600. The van der Waals surface area contributed by atoms with Crippen molar-refractivity contribution in [3.8, 4) is 0 Å². The van der Waals surface area contributed by atoms with E-state index in [0.717, 1.165) is 37.1 Å². The van der Waals surface area contributed by atoms with Gasteiger partial charge in [-0.05, 0) is 50.3 Å². The lowest BCUT2D eigenvalue weighted by Gasteiger charge is -2.38. The summed E-state index contributed by atoms with van der Waals surface area (Å²) in [7, 11) is 0. The van der Waals surface area contributed by atoms with E-state index >= 15 is 0 Å². The van der Waals surface area contributed by atoms with Gasteiger partial charge < -0.3 is 10.6 Å². The van der Waals surface area contributed by atoms with Crippen molar-refractivity contribution in [3.63, 3.8) is 0 Å². The molecule has 1 unspecified atom stereocenters. The minimum absolute atomic E-state index is 0.0960. The Morgan fingerprint density at radius 2 is 2.22 bits per heavy atom. The molecule has 0 radical (unpaired) electrons. The number of halogens is 1. The number of rotatable bonds is 4. The van der Waals surface area contributed by atoms with E-state index in [1.54, 1.807) is 12.1 Å². The van der Waals surface area contributed by atoms with Crippen LogP contribution < -0.4 is 10.6 Å². The average molecular weight is 250 g/mol. The third-order valence-electron chi connectivity index (χ3n) is 3.87. The van der Waals surface area contributed by atoms with Gasteiger partial charge in [0.1, 0.15) is 5.82 Å². The predicted octanol–water partition coefficient (Wildman–Crippen LogP) is 3.10. The van der Waals surface area contributed by atoms with Crippen LogP contribution in [0.2, 0.25) is 0 Å². The lowest BCUT2D eigenvalue weighted by Crippen LogP contribution is -2.40. The number of nitrogens with two attached hydrogens (primary N) is 1. The number of hydrogen-bond acceptors (Lipinski definition) is 2. The van der Waals surface area contributed by atoms with Gasteiger partial charge in [0.25, 0.3) is 0 Å². The van der Waals surface area contributed by atoms with E-state index in [9.17, 15) is 4.39 Å². The minimum Gasteiger partial charge on any atom is -0.366 e. The van der Waals surface area contributed by atoms with E-state index in [2.05, 4.69) is 11.8 Å². The summed E-state index contributed by atoms with van der Waals surface area (Å²) >= 11 is 0. The number of para-hydroxylation sites is 1. The van der Waals surface area contributed by atoms with Crippen molar-refractivity contribution in [3.05, 3.63) is 29.6 Å². The van der Waals surface area contributed by atoms with Crippen LogP contribution in [0.1, 0.15) is 38.2 Å². The van der Waals surface area contributed by atoms with Crippen molar-refractivity contribution in [1.82, 2.24) is 0 Å². The first-order valence-corrected chi connectivity index (χ1v) is 7.02. The zero-order valence-electron chi connectivity index (χ0n) is 11.2. The van der Waals surface area contributed by atoms with Crippen molar-refractivity contribution < 1.29 is 4.39 Å². The second-order valence-corrected chi connectivity index (χ2v) is 5.04. The normalized spacial score (nSPS) is 20.2. The standard InChI is InChI=1S/C15H23FN2/c1-2-13-7-3-4-11-18(13)15-12(9-10-17)6-5-8-14(15)16/h5-6,8,13H,2-4,7,9-11,17H2,1H3. The maximum absolute atomic E-state index is 14.2. The predicted molar refractivity (Wildman–Crippen MR) is 74.4 cm³/mol. The van der Waals surface area contributed by atoms with Gasteiger partial charge in [0.15, 0.2) is 0 Å². The van der Waals surface area contributed by atoms with Crippen LogP contribution in [-0.2, 0) is 6.42 Å². The smallest absolute Gasteiger partial charge is 0.146 e. The van der Waals surface area contributed by atoms with E-state index in [4.69, 9.17) is 5.73 Å². The molecule has 0 bridgehead atoms. The second kappa shape index (κ2) is 6.19. The largest absolute Gasteiger partial charge is 0.366 e. The first-order chi connectivity index (χ1) is 8.77. The van der Waals surface area contributed by atoms with E-state index in [0.29, 0.717) is 12.6 Å². The second-order valence-electron chi connectivity index (χ2n) is 5.04. The molecule has 0 amide bonds. The van der Waals surface area contributed by atoms with E-state index in [1.807, 2.05) is 6.07 Å². The maximum Gasteiger partial charge on any atom is 0.146 e. The number of hydrogen-bond donors (Lipinski definition) is 1. The summed E-state index contributed by atoms with van der Waals surface area (Å²) in [6.45, 7) is 3.73. The molecule has 2 nitrogen and oxygen atoms in total. The van der Waals surface area contributed by atoms with Crippen LogP contribution in [0.4, 0.5) is 10.1 Å². The molecule has 1 aliphatic heterocycles. The lowest BCUT2D eigenvalue weighted by atomic mass is 9.97. The Kier molecular flexibility index (Phi) is 4.59. The van der Waals surface area contributed by atoms with Crippen LogP contribution in [0.15, 0.2) is 18.2 Å². The molecule has 1 aromatic rings. The highest BCUT2D eigenvalue weighted by Crippen LogP contribution is 2.31. The molecular formula is C15H23FN2. The molecule has 100 valence electrons. The van der Waals surface area contributed by atoms with Crippen molar-refractivity contribution >= 4 is 5.69 Å². The molecule has 0 aliphatic carbocycles. The van der Waals surface area contributed by atoms with Crippen molar-refractivity contribution in [2.24, 2.45) is 5.73 Å². The molecule has 1 fully saturated rings. The van der Waals surface area contributed by atoms with Crippen LogP contribution in [0.5, 0.6) is 0 Å². The van der Waals surface area contributed by atoms with Crippen LogP contribution in [0.25, 0.3) is 0 Å². The highest BCUT2D eigenvalue weighted by molar-refractivity contribution is 5.56. The van der Waals surface area contributed by atoms with Gasteiger partial charge >= 0.3 is 0 Å². The monoisotopic (exact) mass is 250 g/mol. The summed E-state index contributed by atoms with van der Waals surface area (Å²) in [4.78, 5) is 2.27. The molecule has 0 aromatic heterocycles. The van der Waals surface area contributed by atoms with Gasteiger partial charge in [0.2, 0.25) is 0 Å². The van der Waals surface area contributed by atoms with Gasteiger partial charge in [-0.3, -0.25) is 0 Å².